The Labute approximate surface area is 126 Å². The van der Waals surface area contributed by atoms with Crippen molar-refractivity contribution >= 4 is 17.7 Å². The maximum Gasteiger partial charge on any atom is 0.321 e. The lowest BCUT2D eigenvalue weighted by Crippen LogP contribution is -2.44. The van der Waals surface area contributed by atoms with E-state index in [-0.39, 0.29) is 17.8 Å². The van der Waals surface area contributed by atoms with Gasteiger partial charge in [-0.3, -0.25) is 4.79 Å². The van der Waals surface area contributed by atoms with Crippen molar-refractivity contribution < 1.29 is 23.5 Å². The number of carboxylic acid groups (broad SMARTS) is 1. The van der Waals surface area contributed by atoms with Crippen LogP contribution in [0.15, 0.2) is 24.3 Å². The first-order valence-electron chi connectivity index (χ1n) is 7.04. The Morgan fingerprint density at radius 3 is 2.77 bits per heavy atom. The van der Waals surface area contributed by atoms with Gasteiger partial charge in [-0.15, -0.1) is 0 Å². The van der Waals surface area contributed by atoms with Gasteiger partial charge in [-0.2, -0.15) is 0 Å². The highest BCUT2D eigenvalue weighted by Gasteiger charge is 2.28. The molecular weight excluding hydrogens is 294 g/mol. The van der Waals surface area contributed by atoms with Crippen molar-refractivity contribution in [2.45, 2.75) is 25.7 Å². The van der Waals surface area contributed by atoms with Gasteiger partial charge in [0.25, 0.3) is 5.92 Å². The summed E-state index contributed by atoms with van der Waals surface area (Å²) in [4.78, 5) is 24.5. The van der Waals surface area contributed by atoms with E-state index in [2.05, 4.69) is 5.32 Å². The molecule has 22 heavy (non-hydrogen) atoms. The van der Waals surface area contributed by atoms with Crippen molar-refractivity contribution in [3.63, 3.8) is 0 Å². The Bertz CT molecular complexity index is 572. The van der Waals surface area contributed by atoms with E-state index in [1.165, 1.54) is 29.2 Å². The monoisotopic (exact) mass is 312 g/mol. The van der Waals surface area contributed by atoms with E-state index >= 15 is 0 Å². The number of nitrogens with zero attached hydrogens (tertiary/aromatic N) is 1. The Morgan fingerprint density at radius 2 is 2.14 bits per heavy atom. The van der Waals surface area contributed by atoms with Crippen LogP contribution in [0, 0.1) is 5.92 Å². The van der Waals surface area contributed by atoms with Crippen molar-refractivity contribution in [1.82, 2.24) is 4.90 Å². The van der Waals surface area contributed by atoms with E-state index < -0.39 is 23.8 Å². The smallest absolute Gasteiger partial charge is 0.321 e. The third-order valence-electron chi connectivity index (χ3n) is 3.68. The number of rotatable bonds is 3. The first-order valence-corrected chi connectivity index (χ1v) is 7.04. The zero-order valence-electron chi connectivity index (χ0n) is 12.2. The summed E-state index contributed by atoms with van der Waals surface area (Å²) < 4.78 is 26.6. The van der Waals surface area contributed by atoms with Gasteiger partial charge in [0, 0.05) is 31.3 Å². The fraction of sp³-hybridized carbons (Fsp3) is 0.467. The summed E-state index contributed by atoms with van der Waals surface area (Å²) >= 11 is 0. The van der Waals surface area contributed by atoms with Gasteiger partial charge < -0.3 is 15.3 Å². The van der Waals surface area contributed by atoms with Crippen LogP contribution < -0.4 is 5.32 Å². The number of hydrogen-bond acceptors (Lipinski definition) is 2. The van der Waals surface area contributed by atoms with E-state index in [1.54, 1.807) is 0 Å². The average Bonchev–Trinajstić information content (AvgIpc) is 2.46. The summed E-state index contributed by atoms with van der Waals surface area (Å²) in [7, 11) is 0. The van der Waals surface area contributed by atoms with Crippen molar-refractivity contribution in [3.05, 3.63) is 29.8 Å². The second kappa shape index (κ2) is 6.29. The standard InChI is InChI=1S/C15H18F2N2O3/c1-15(16,17)11-5-2-6-12(8-11)18-14(22)19-7-3-4-10(9-19)13(20)21/h2,5-6,8,10H,3-4,7,9H2,1H3,(H,18,22)(H,20,21). The third-order valence-corrected chi connectivity index (χ3v) is 3.68. The number of carbonyl (C=O) groups is 2. The van der Waals surface area contributed by atoms with Gasteiger partial charge in [-0.05, 0) is 25.0 Å². The Balaban J connectivity index is 2.04. The molecule has 5 nitrogen and oxygen atoms in total. The Morgan fingerprint density at radius 1 is 1.41 bits per heavy atom. The lowest BCUT2D eigenvalue weighted by molar-refractivity contribution is -0.143. The van der Waals surface area contributed by atoms with Crippen LogP contribution in [0.1, 0.15) is 25.3 Å². The van der Waals surface area contributed by atoms with Crippen molar-refractivity contribution in [2.75, 3.05) is 18.4 Å². The molecule has 1 saturated heterocycles. The molecule has 1 heterocycles. The van der Waals surface area contributed by atoms with E-state index in [9.17, 15) is 18.4 Å². The van der Waals surface area contributed by atoms with Crippen LogP contribution in [0.3, 0.4) is 0 Å². The summed E-state index contributed by atoms with van der Waals surface area (Å²) in [6.07, 6.45) is 1.15. The van der Waals surface area contributed by atoms with Gasteiger partial charge >= 0.3 is 12.0 Å². The van der Waals surface area contributed by atoms with Crippen molar-refractivity contribution in [1.29, 1.82) is 0 Å². The fourth-order valence-corrected chi connectivity index (χ4v) is 2.44. The molecule has 2 N–H and O–H groups in total. The largest absolute Gasteiger partial charge is 0.481 e. The summed E-state index contributed by atoms with van der Waals surface area (Å²) in [5.74, 6) is -4.49. The average molecular weight is 312 g/mol. The Kier molecular flexibility index (Phi) is 4.63. The predicted molar refractivity (Wildman–Crippen MR) is 77.0 cm³/mol. The molecule has 1 aliphatic heterocycles. The molecule has 1 aromatic rings. The molecule has 1 atom stereocenters. The van der Waals surface area contributed by atoms with Crippen LogP contribution in [0.5, 0.6) is 0 Å². The molecular formula is C15H18F2N2O3. The summed E-state index contributed by atoms with van der Waals surface area (Å²) in [5, 5.41) is 11.6. The molecule has 2 rings (SSSR count). The number of nitrogens with one attached hydrogen (secondary N) is 1. The summed E-state index contributed by atoms with van der Waals surface area (Å²) in [6, 6.07) is 5.00. The zero-order chi connectivity index (χ0) is 16.3. The zero-order valence-corrected chi connectivity index (χ0v) is 12.2. The highest BCUT2D eigenvalue weighted by Crippen LogP contribution is 2.28. The normalized spacial score (nSPS) is 18.9. The minimum atomic E-state index is -2.99. The molecule has 1 aliphatic rings. The first kappa shape index (κ1) is 16.2. The second-order valence-corrected chi connectivity index (χ2v) is 5.52. The predicted octanol–water partition coefficient (Wildman–Crippen LogP) is 3.13. The molecule has 0 aromatic heterocycles. The van der Waals surface area contributed by atoms with E-state index in [0.717, 1.165) is 6.92 Å². The molecule has 2 amide bonds. The molecule has 0 spiro atoms. The van der Waals surface area contributed by atoms with Crippen molar-refractivity contribution in [3.8, 4) is 0 Å². The number of halogens is 2. The van der Waals surface area contributed by atoms with Crippen LogP contribution in [-0.4, -0.2) is 35.1 Å². The Hall–Kier alpha value is -2.18. The van der Waals surface area contributed by atoms with E-state index in [1.807, 2.05) is 0 Å². The van der Waals surface area contributed by atoms with Crippen LogP contribution in [0.25, 0.3) is 0 Å². The van der Waals surface area contributed by atoms with Crippen molar-refractivity contribution in [2.24, 2.45) is 5.92 Å². The number of urea groups is 1. The quantitative estimate of drug-likeness (QED) is 0.901. The minimum absolute atomic E-state index is 0.130. The number of hydrogen-bond donors (Lipinski definition) is 2. The van der Waals surface area contributed by atoms with Gasteiger partial charge in [-0.25, -0.2) is 13.6 Å². The summed E-state index contributed by atoms with van der Waals surface area (Å²) in [5.41, 5.74) is 0.0776. The highest BCUT2D eigenvalue weighted by atomic mass is 19.3. The van der Waals surface area contributed by atoms with Gasteiger partial charge in [-0.1, -0.05) is 12.1 Å². The van der Waals surface area contributed by atoms with Gasteiger partial charge in [0.15, 0.2) is 0 Å². The number of benzene rings is 1. The van der Waals surface area contributed by atoms with Crippen LogP contribution in [0.4, 0.5) is 19.3 Å². The number of amides is 2. The molecule has 0 bridgehead atoms. The number of anilines is 1. The minimum Gasteiger partial charge on any atom is -0.481 e. The topological polar surface area (TPSA) is 69.6 Å². The first-order chi connectivity index (χ1) is 10.3. The number of piperidine rings is 1. The van der Waals surface area contributed by atoms with Gasteiger partial charge in [0.05, 0.1) is 5.92 Å². The lowest BCUT2D eigenvalue weighted by atomic mass is 9.99. The van der Waals surface area contributed by atoms with E-state index in [0.29, 0.717) is 19.4 Å². The van der Waals surface area contributed by atoms with Crippen LogP contribution >= 0.6 is 0 Å². The van der Waals surface area contributed by atoms with Gasteiger partial charge in [0.2, 0.25) is 0 Å². The molecule has 0 aliphatic carbocycles. The number of likely N-dealkylation sites (tertiary alicyclic amines) is 1. The molecule has 0 radical (unpaired) electrons. The van der Waals surface area contributed by atoms with Crippen LogP contribution in [-0.2, 0) is 10.7 Å². The number of carboxylic acids is 1. The molecule has 7 heteroatoms. The second-order valence-electron chi connectivity index (χ2n) is 5.52. The molecule has 1 aromatic carbocycles. The number of aliphatic carboxylic acids is 1. The molecule has 1 unspecified atom stereocenters. The number of alkyl halides is 2. The third kappa shape index (κ3) is 3.93. The summed E-state index contributed by atoms with van der Waals surface area (Å²) in [6.45, 7) is 1.38. The molecule has 120 valence electrons. The fourth-order valence-electron chi connectivity index (χ4n) is 2.44. The van der Waals surface area contributed by atoms with Gasteiger partial charge in [0.1, 0.15) is 0 Å². The highest BCUT2D eigenvalue weighted by molar-refractivity contribution is 5.89. The van der Waals surface area contributed by atoms with E-state index in [4.69, 9.17) is 5.11 Å². The molecule has 1 fully saturated rings. The van der Waals surface area contributed by atoms with Crippen LogP contribution in [0.2, 0.25) is 0 Å². The number of carbonyl (C=O) groups excluding carboxylic acids is 1. The SMILES string of the molecule is CC(F)(F)c1cccc(NC(=O)N2CCCC(C(=O)O)C2)c1. The maximum absolute atomic E-state index is 13.3. The molecule has 0 saturated carbocycles. The maximum atomic E-state index is 13.3. The lowest BCUT2D eigenvalue weighted by Gasteiger charge is -2.30.